The SMILES string of the molecule is Cc1cc(C)c2c(c1)C(=O)NC2=O. The lowest BCUT2D eigenvalue weighted by Crippen LogP contribution is -2.20. The van der Waals surface area contributed by atoms with Crippen LogP contribution in [0.25, 0.3) is 0 Å². The summed E-state index contributed by atoms with van der Waals surface area (Å²) in [7, 11) is 0. The zero-order valence-electron chi connectivity index (χ0n) is 7.47. The molecule has 1 N–H and O–H groups in total. The van der Waals surface area contributed by atoms with Crippen LogP contribution in [0.5, 0.6) is 0 Å². The Kier molecular flexibility index (Phi) is 1.49. The van der Waals surface area contributed by atoms with Gasteiger partial charge in [-0.1, -0.05) is 11.6 Å². The molecule has 1 aliphatic heterocycles. The maximum Gasteiger partial charge on any atom is 0.259 e. The molecule has 2 amide bonds. The van der Waals surface area contributed by atoms with Gasteiger partial charge in [0.25, 0.3) is 11.8 Å². The minimum atomic E-state index is -0.285. The first-order chi connectivity index (χ1) is 6.09. The van der Waals surface area contributed by atoms with E-state index in [4.69, 9.17) is 0 Å². The number of carbonyl (C=O) groups excluding carboxylic acids is 2. The van der Waals surface area contributed by atoms with E-state index in [0.29, 0.717) is 11.1 Å². The van der Waals surface area contributed by atoms with Crippen molar-refractivity contribution in [1.82, 2.24) is 5.32 Å². The van der Waals surface area contributed by atoms with Gasteiger partial charge in [-0.2, -0.15) is 0 Å². The zero-order valence-corrected chi connectivity index (χ0v) is 7.47. The van der Waals surface area contributed by atoms with E-state index in [-0.39, 0.29) is 11.8 Å². The van der Waals surface area contributed by atoms with Crippen LogP contribution in [0.1, 0.15) is 31.8 Å². The number of nitrogens with one attached hydrogen (secondary N) is 1. The van der Waals surface area contributed by atoms with Gasteiger partial charge in [-0.15, -0.1) is 0 Å². The topological polar surface area (TPSA) is 46.2 Å². The highest BCUT2D eigenvalue weighted by Gasteiger charge is 2.28. The molecule has 1 aromatic carbocycles. The Morgan fingerprint density at radius 3 is 2.46 bits per heavy atom. The molecule has 0 aromatic heterocycles. The van der Waals surface area contributed by atoms with Crippen molar-refractivity contribution >= 4 is 11.8 Å². The molecule has 0 bridgehead atoms. The van der Waals surface area contributed by atoms with E-state index in [1.165, 1.54) is 0 Å². The van der Waals surface area contributed by atoms with E-state index in [2.05, 4.69) is 5.32 Å². The summed E-state index contributed by atoms with van der Waals surface area (Å²) in [5.41, 5.74) is 2.89. The smallest absolute Gasteiger partial charge is 0.259 e. The maximum absolute atomic E-state index is 11.3. The number of rotatable bonds is 0. The third kappa shape index (κ3) is 1.04. The van der Waals surface area contributed by atoms with Crippen molar-refractivity contribution in [2.24, 2.45) is 0 Å². The van der Waals surface area contributed by atoms with E-state index in [9.17, 15) is 9.59 Å². The second kappa shape index (κ2) is 2.42. The van der Waals surface area contributed by atoms with Crippen LogP contribution in [-0.2, 0) is 0 Å². The molecule has 3 nitrogen and oxygen atoms in total. The summed E-state index contributed by atoms with van der Waals surface area (Å²) >= 11 is 0. The molecule has 1 heterocycles. The first-order valence-corrected chi connectivity index (χ1v) is 4.06. The predicted molar refractivity (Wildman–Crippen MR) is 47.7 cm³/mol. The van der Waals surface area contributed by atoms with Gasteiger partial charge in [-0.3, -0.25) is 14.9 Å². The van der Waals surface area contributed by atoms with Gasteiger partial charge in [0.1, 0.15) is 0 Å². The van der Waals surface area contributed by atoms with Gasteiger partial charge in [-0.25, -0.2) is 0 Å². The summed E-state index contributed by atoms with van der Waals surface area (Å²) in [6.07, 6.45) is 0. The first-order valence-electron chi connectivity index (χ1n) is 4.06. The molecule has 2 rings (SSSR count). The fourth-order valence-corrected chi connectivity index (χ4v) is 1.68. The summed E-state index contributed by atoms with van der Waals surface area (Å²) in [6.45, 7) is 3.74. The van der Waals surface area contributed by atoms with Crippen LogP contribution in [-0.4, -0.2) is 11.8 Å². The number of hydrogen-bond donors (Lipinski definition) is 1. The highest BCUT2D eigenvalue weighted by molar-refractivity contribution is 6.22. The molecule has 0 saturated carbocycles. The van der Waals surface area contributed by atoms with Gasteiger partial charge >= 0.3 is 0 Å². The largest absolute Gasteiger partial charge is 0.288 e. The average Bonchev–Trinajstić information content (AvgIpc) is 2.27. The number of aryl methyl sites for hydroxylation is 2. The van der Waals surface area contributed by atoms with Crippen LogP contribution < -0.4 is 5.32 Å². The van der Waals surface area contributed by atoms with Crippen LogP contribution in [0, 0.1) is 13.8 Å². The molecule has 0 fully saturated rings. The third-order valence-electron chi connectivity index (χ3n) is 2.18. The van der Waals surface area contributed by atoms with Gasteiger partial charge < -0.3 is 0 Å². The van der Waals surface area contributed by atoms with Crippen molar-refractivity contribution in [2.75, 3.05) is 0 Å². The van der Waals surface area contributed by atoms with Crippen LogP contribution in [0.2, 0.25) is 0 Å². The van der Waals surface area contributed by atoms with Crippen molar-refractivity contribution in [3.05, 3.63) is 34.4 Å². The number of amides is 2. The van der Waals surface area contributed by atoms with Gasteiger partial charge in [0.2, 0.25) is 0 Å². The molecule has 0 atom stereocenters. The Labute approximate surface area is 75.8 Å². The summed E-state index contributed by atoms with van der Waals surface area (Å²) < 4.78 is 0. The van der Waals surface area contributed by atoms with Crippen LogP contribution in [0.4, 0.5) is 0 Å². The van der Waals surface area contributed by atoms with E-state index in [1.807, 2.05) is 19.9 Å². The quantitative estimate of drug-likeness (QED) is 0.602. The molecule has 1 aliphatic rings. The number of carbonyl (C=O) groups is 2. The molecular weight excluding hydrogens is 166 g/mol. The normalized spacial score (nSPS) is 14.3. The summed E-state index contributed by atoms with van der Waals surface area (Å²) in [5, 5.41) is 2.27. The summed E-state index contributed by atoms with van der Waals surface area (Å²) in [6, 6.07) is 3.64. The van der Waals surface area contributed by atoms with Crippen molar-refractivity contribution in [2.45, 2.75) is 13.8 Å². The third-order valence-corrected chi connectivity index (χ3v) is 2.18. The van der Waals surface area contributed by atoms with Crippen molar-refractivity contribution in [3.63, 3.8) is 0 Å². The van der Waals surface area contributed by atoms with E-state index in [1.54, 1.807) is 6.07 Å². The monoisotopic (exact) mass is 175 g/mol. The lowest BCUT2D eigenvalue weighted by atomic mass is 10.0. The Morgan fingerprint density at radius 2 is 1.77 bits per heavy atom. The van der Waals surface area contributed by atoms with Crippen LogP contribution in [0.15, 0.2) is 12.1 Å². The molecule has 3 heteroatoms. The predicted octanol–water partition coefficient (Wildman–Crippen LogP) is 1.19. The molecule has 13 heavy (non-hydrogen) atoms. The Hall–Kier alpha value is -1.64. The molecule has 0 saturated heterocycles. The molecule has 1 aromatic rings. The van der Waals surface area contributed by atoms with E-state index < -0.39 is 0 Å². The fourth-order valence-electron chi connectivity index (χ4n) is 1.68. The Bertz CT molecular complexity index is 421. The number of benzene rings is 1. The molecule has 0 radical (unpaired) electrons. The van der Waals surface area contributed by atoms with Crippen LogP contribution >= 0.6 is 0 Å². The molecule has 0 unspecified atom stereocenters. The van der Waals surface area contributed by atoms with E-state index in [0.717, 1.165) is 11.1 Å². The number of hydrogen-bond acceptors (Lipinski definition) is 2. The number of fused-ring (bicyclic) bond motifs is 1. The second-order valence-corrected chi connectivity index (χ2v) is 3.29. The lowest BCUT2D eigenvalue weighted by molar-refractivity contribution is 0.0879. The van der Waals surface area contributed by atoms with Crippen LogP contribution in [0.3, 0.4) is 0 Å². The standard InChI is InChI=1S/C10H9NO2/c1-5-3-6(2)8-7(4-5)9(12)11-10(8)13/h3-4H,1-2H3,(H,11,12,13). The Balaban J connectivity index is 2.77. The molecular formula is C10H9NO2. The first kappa shape index (κ1) is 7.98. The van der Waals surface area contributed by atoms with Gasteiger partial charge in [0.15, 0.2) is 0 Å². The highest BCUT2D eigenvalue weighted by Crippen LogP contribution is 2.21. The molecule has 66 valence electrons. The van der Waals surface area contributed by atoms with Gasteiger partial charge in [0.05, 0.1) is 11.1 Å². The molecule has 0 aliphatic carbocycles. The minimum Gasteiger partial charge on any atom is -0.288 e. The minimum absolute atomic E-state index is 0.280. The molecule has 0 spiro atoms. The van der Waals surface area contributed by atoms with Crippen molar-refractivity contribution < 1.29 is 9.59 Å². The Morgan fingerprint density at radius 1 is 1.08 bits per heavy atom. The summed E-state index contributed by atoms with van der Waals surface area (Å²) in [5.74, 6) is -0.565. The van der Waals surface area contributed by atoms with Gasteiger partial charge in [0, 0.05) is 0 Å². The maximum atomic E-state index is 11.3. The average molecular weight is 175 g/mol. The van der Waals surface area contributed by atoms with E-state index >= 15 is 0 Å². The zero-order chi connectivity index (χ0) is 9.59. The fraction of sp³-hybridized carbons (Fsp3) is 0.200. The van der Waals surface area contributed by atoms with Gasteiger partial charge in [-0.05, 0) is 25.5 Å². The highest BCUT2D eigenvalue weighted by atomic mass is 16.2. The lowest BCUT2D eigenvalue weighted by Gasteiger charge is -2.00. The summed E-state index contributed by atoms with van der Waals surface area (Å²) in [4.78, 5) is 22.5. The second-order valence-electron chi connectivity index (χ2n) is 3.29. The van der Waals surface area contributed by atoms with Crippen molar-refractivity contribution in [1.29, 1.82) is 0 Å². The number of imide groups is 1. The van der Waals surface area contributed by atoms with Crippen molar-refractivity contribution in [3.8, 4) is 0 Å².